The number of halogens is 1. The zero-order chi connectivity index (χ0) is 18.3. The van der Waals surface area contributed by atoms with E-state index in [-0.39, 0.29) is 31.4 Å². The maximum absolute atomic E-state index is 12.9. The molecule has 0 saturated heterocycles. The summed E-state index contributed by atoms with van der Waals surface area (Å²) in [6.45, 7) is 0.738. The number of rotatable bonds is 9. The number of amides is 1. The van der Waals surface area contributed by atoms with Gasteiger partial charge in [0.25, 0.3) is 0 Å². The second-order valence-corrected chi connectivity index (χ2v) is 8.66. The number of sulfonamides is 1. The Morgan fingerprint density at radius 1 is 1.20 bits per heavy atom. The maximum atomic E-state index is 12.9. The quantitative estimate of drug-likeness (QED) is 0.720. The summed E-state index contributed by atoms with van der Waals surface area (Å²) in [5, 5.41) is 4.65. The van der Waals surface area contributed by atoms with Crippen molar-refractivity contribution in [3.63, 3.8) is 0 Å². The highest BCUT2D eigenvalue weighted by Crippen LogP contribution is 2.09. The first-order valence-corrected chi connectivity index (χ1v) is 10.6. The number of hydrogen-bond acceptors (Lipinski definition) is 4. The van der Waals surface area contributed by atoms with E-state index in [0.29, 0.717) is 12.8 Å². The average molecular weight is 384 g/mol. The molecule has 0 radical (unpaired) electrons. The summed E-state index contributed by atoms with van der Waals surface area (Å²) >= 11 is 1.51. The molecule has 1 aromatic carbocycles. The number of hydrogen-bond donors (Lipinski definition) is 1. The Morgan fingerprint density at radius 2 is 1.92 bits per heavy atom. The van der Waals surface area contributed by atoms with Crippen molar-refractivity contribution in [2.45, 2.75) is 12.8 Å². The molecule has 5 nitrogen and oxygen atoms in total. The molecule has 1 heterocycles. The number of nitrogens with one attached hydrogen (secondary N) is 1. The minimum Gasteiger partial charge on any atom is -0.354 e. The van der Waals surface area contributed by atoms with Crippen LogP contribution in [0.15, 0.2) is 41.8 Å². The van der Waals surface area contributed by atoms with Gasteiger partial charge in [0, 0.05) is 24.5 Å². The lowest BCUT2D eigenvalue weighted by molar-refractivity contribution is -0.120. The van der Waals surface area contributed by atoms with E-state index in [4.69, 9.17) is 0 Å². The molecule has 1 amide bonds. The van der Waals surface area contributed by atoms with Crippen LogP contribution in [-0.4, -0.2) is 44.5 Å². The Labute approximate surface area is 151 Å². The molecule has 2 aromatic rings. The van der Waals surface area contributed by atoms with Gasteiger partial charge < -0.3 is 5.32 Å². The van der Waals surface area contributed by atoms with E-state index in [9.17, 15) is 17.6 Å². The van der Waals surface area contributed by atoms with Crippen LogP contribution in [0.2, 0.25) is 0 Å². The van der Waals surface area contributed by atoms with Crippen molar-refractivity contribution in [3.05, 3.63) is 58.0 Å². The van der Waals surface area contributed by atoms with Crippen LogP contribution in [-0.2, 0) is 27.7 Å². The first-order valence-electron chi connectivity index (χ1n) is 7.83. The largest absolute Gasteiger partial charge is 0.354 e. The van der Waals surface area contributed by atoms with Crippen LogP contribution < -0.4 is 5.32 Å². The zero-order valence-corrected chi connectivity index (χ0v) is 15.6. The lowest BCUT2D eigenvalue weighted by Gasteiger charge is -2.20. The molecule has 136 valence electrons. The first kappa shape index (κ1) is 19.6. The molecule has 0 unspecified atom stereocenters. The van der Waals surface area contributed by atoms with Gasteiger partial charge in [0.15, 0.2) is 0 Å². The fourth-order valence-electron chi connectivity index (χ4n) is 2.30. The van der Waals surface area contributed by atoms with Gasteiger partial charge in [0.05, 0.1) is 12.7 Å². The van der Waals surface area contributed by atoms with Gasteiger partial charge in [-0.05, 0) is 35.6 Å². The first-order chi connectivity index (χ1) is 11.8. The summed E-state index contributed by atoms with van der Waals surface area (Å²) in [6.07, 6.45) is 1.92. The molecule has 8 heteroatoms. The van der Waals surface area contributed by atoms with E-state index < -0.39 is 10.0 Å². The molecular weight excluding hydrogens is 363 g/mol. The van der Waals surface area contributed by atoms with Gasteiger partial charge in [-0.3, -0.25) is 4.79 Å². The number of carbonyl (C=O) groups is 1. The molecule has 1 N–H and O–H groups in total. The lowest BCUT2D eigenvalue weighted by atomic mass is 10.1. The third-order valence-corrected chi connectivity index (χ3v) is 5.81. The monoisotopic (exact) mass is 384 g/mol. The van der Waals surface area contributed by atoms with E-state index in [1.807, 2.05) is 17.5 Å². The Bertz CT molecular complexity index is 775. The normalized spacial score (nSPS) is 11.6. The van der Waals surface area contributed by atoms with Crippen molar-refractivity contribution in [1.82, 2.24) is 9.62 Å². The van der Waals surface area contributed by atoms with Crippen LogP contribution >= 0.6 is 11.3 Å². The fourth-order valence-corrected chi connectivity index (χ4v) is 3.85. The second kappa shape index (κ2) is 9.07. The minimum atomic E-state index is -3.38. The number of carbonyl (C=O) groups excluding carboxylic acids is 1. The molecule has 0 saturated carbocycles. The van der Waals surface area contributed by atoms with Crippen LogP contribution in [0.1, 0.15) is 10.4 Å². The van der Waals surface area contributed by atoms with E-state index in [1.165, 1.54) is 27.8 Å². The van der Waals surface area contributed by atoms with Crippen LogP contribution in [0.5, 0.6) is 0 Å². The van der Waals surface area contributed by atoms with Gasteiger partial charge in [-0.15, -0.1) is 11.3 Å². The van der Waals surface area contributed by atoms with E-state index in [2.05, 4.69) is 5.32 Å². The minimum absolute atomic E-state index is 0.130. The lowest BCUT2D eigenvalue weighted by Crippen LogP contribution is -2.39. The highest BCUT2D eigenvalue weighted by Gasteiger charge is 2.16. The van der Waals surface area contributed by atoms with E-state index in [0.717, 1.165) is 16.7 Å². The van der Waals surface area contributed by atoms with Crippen molar-refractivity contribution in [2.24, 2.45) is 0 Å². The number of nitrogens with zero attached hydrogens (tertiary/aromatic N) is 1. The standard InChI is InChI=1S/C17H21FN2O3S2/c1-25(22,23)20(10-8-14-4-6-15(18)7-5-14)11-9-19-17(21)13-16-3-2-12-24-16/h2-7,12H,8-11,13H2,1H3,(H,19,21). The van der Waals surface area contributed by atoms with Gasteiger partial charge in [0.1, 0.15) is 5.82 Å². The molecule has 0 bridgehead atoms. The zero-order valence-electron chi connectivity index (χ0n) is 13.9. The van der Waals surface area contributed by atoms with Gasteiger partial charge >= 0.3 is 0 Å². The summed E-state index contributed by atoms with van der Waals surface area (Å²) in [7, 11) is -3.38. The Balaban J connectivity index is 1.81. The molecule has 25 heavy (non-hydrogen) atoms. The summed E-state index contributed by atoms with van der Waals surface area (Å²) in [5.41, 5.74) is 0.858. The van der Waals surface area contributed by atoms with Crippen LogP contribution in [0.4, 0.5) is 4.39 Å². The summed E-state index contributed by atoms with van der Waals surface area (Å²) in [6, 6.07) is 9.75. The summed E-state index contributed by atoms with van der Waals surface area (Å²) < 4.78 is 38.0. The number of benzene rings is 1. The Morgan fingerprint density at radius 3 is 2.52 bits per heavy atom. The Kier molecular flexibility index (Phi) is 7.10. The third-order valence-electron chi connectivity index (χ3n) is 3.63. The van der Waals surface area contributed by atoms with Gasteiger partial charge in [-0.1, -0.05) is 18.2 Å². The number of thiophene rings is 1. The summed E-state index contributed by atoms with van der Waals surface area (Å²) in [4.78, 5) is 12.8. The van der Waals surface area contributed by atoms with Gasteiger partial charge in [-0.2, -0.15) is 0 Å². The van der Waals surface area contributed by atoms with Crippen molar-refractivity contribution in [3.8, 4) is 0 Å². The molecule has 0 atom stereocenters. The van der Waals surface area contributed by atoms with Crippen molar-refractivity contribution < 1.29 is 17.6 Å². The topological polar surface area (TPSA) is 66.5 Å². The van der Waals surface area contributed by atoms with E-state index in [1.54, 1.807) is 12.1 Å². The summed E-state index contributed by atoms with van der Waals surface area (Å²) in [5.74, 6) is -0.452. The molecule has 0 aliphatic heterocycles. The maximum Gasteiger partial charge on any atom is 0.225 e. The van der Waals surface area contributed by atoms with E-state index >= 15 is 0 Å². The molecule has 2 rings (SSSR count). The average Bonchev–Trinajstić information content (AvgIpc) is 3.04. The van der Waals surface area contributed by atoms with Crippen molar-refractivity contribution in [2.75, 3.05) is 25.9 Å². The highest BCUT2D eigenvalue weighted by molar-refractivity contribution is 7.88. The predicted octanol–water partition coefficient (Wildman–Crippen LogP) is 2.05. The van der Waals surface area contributed by atoms with Gasteiger partial charge in [-0.25, -0.2) is 17.1 Å². The molecule has 0 aliphatic carbocycles. The van der Waals surface area contributed by atoms with Crippen molar-refractivity contribution >= 4 is 27.3 Å². The van der Waals surface area contributed by atoms with Crippen molar-refractivity contribution in [1.29, 1.82) is 0 Å². The highest BCUT2D eigenvalue weighted by atomic mass is 32.2. The second-order valence-electron chi connectivity index (χ2n) is 5.64. The Hall–Kier alpha value is -1.77. The molecule has 1 aromatic heterocycles. The molecule has 0 aliphatic rings. The molecule has 0 spiro atoms. The third kappa shape index (κ3) is 6.93. The predicted molar refractivity (Wildman–Crippen MR) is 97.6 cm³/mol. The SMILES string of the molecule is CS(=O)(=O)N(CCNC(=O)Cc1cccs1)CCc1ccc(F)cc1. The van der Waals surface area contributed by atoms with Crippen LogP contribution in [0.3, 0.4) is 0 Å². The molecular formula is C17H21FN2O3S2. The van der Waals surface area contributed by atoms with Crippen LogP contribution in [0.25, 0.3) is 0 Å². The van der Waals surface area contributed by atoms with Crippen LogP contribution in [0, 0.1) is 5.82 Å². The fraction of sp³-hybridized carbons (Fsp3) is 0.353. The smallest absolute Gasteiger partial charge is 0.225 e. The molecule has 0 fully saturated rings. The van der Waals surface area contributed by atoms with Gasteiger partial charge in [0.2, 0.25) is 15.9 Å².